The molecule has 0 aliphatic rings. The van der Waals surface area contributed by atoms with Crippen molar-refractivity contribution in [1.29, 1.82) is 0 Å². The van der Waals surface area contributed by atoms with Crippen LogP contribution in [-0.4, -0.2) is 90.8 Å². The molecule has 0 fully saturated rings. The van der Waals surface area contributed by atoms with Crippen molar-refractivity contribution >= 4 is 35.3 Å². The molecule has 0 heterocycles. The molecule has 0 bridgehead atoms. The number of carbonyl (C=O) groups is 3. The number of ether oxygens (including phenoxy) is 6. The predicted octanol–water partition coefficient (Wildman–Crippen LogP) is 18.6. The number of allylic oxidation sites excluding steroid dienone is 6. The maximum Gasteiger partial charge on any atom is 3.00 e. The van der Waals surface area contributed by atoms with E-state index in [9.17, 15) is 29.7 Å². The van der Waals surface area contributed by atoms with Gasteiger partial charge < -0.3 is 58.1 Å². The second kappa shape index (κ2) is 67.8. The summed E-state index contributed by atoms with van der Waals surface area (Å²) in [6, 6.07) is 0. The number of carboxylic acid groups (broad SMARTS) is 3. The molecule has 0 aromatic heterocycles. The molecule has 516 valence electrons. The van der Waals surface area contributed by atoms with Gasteiger partial charge in [-0.2, -0.15) is 0 Å². The van der Waals surface area contributed by atoms with Gasteiger partial charge in [-0.3, -0.25) is 0 Å². The molecule has 0 amide bonds. The number of hydrogen-bond acceptors (Lipinski definition) is 12. The second-order valence-electron chi connectivity index (χ2n) is 25.0. The molecule has 0 aliphatic carbocycles. The van der Waals surface area contributed by atoms with Crippen LogP contribution in [0.5, 0.6) is 0 Å². The van der Waals surface area contributed by atoms with Crippen molar-refractivity contribution in [1.82, 2.24) is 0 Å². The van der Waals surface area contributed by atoms with Crippen molar-refractivity contribution in [2.45, 2.75) is 408 Å². The first-order valence-corrected chi connectivity index (χ1v) is 36.5. The number of carbonyl (C=O) groups excluding carboxylic acids is 3. The minimum atomic E-state index is -1.60. The molecule has 88 heavy (non-hydrogen) atoms. The van der Waals surface area contributed by atoms with E-state index in [1.807, 2.05) is 0 Å². The average molecular weight is 1260 g/mol. The van der Waals surface area contributed by atoms with Gasteiger partial charge in [0.1, 0.15) is 17.9 Å². The first kappa shape index (κ1) is 92.3. The van der Waals surface area contributed by atoms with Crippen LogP contribution >= 0.6 is 0 Å². The molecule has 0 aromatic carbocycles. The second-order valence-corrected chi connectivity index (χ2v) is 25.0. The van der Waals surface area contributed by atoms with E-state index in [1.165, 1.54) is 231 Å². The SMILES string of the molecule is CCCCCCCC/C=C\CCCCCCCCOC(CC)(OC(C)C)C(=O)[O-].CCCCCCCC/C=C\CCCCCCCCOC(CC)(OC(C)C)C(=O)[O-].CCCCCCCC/C=C\CCCCCCCCOC(CC)(OC(C)C)C(=O)[O-].[Al+3]. The summed E-state index contributed by atoms with van der Waals surface area (Å²) in [5.41, 5.74) is 0. The summed E-state index contributed by atoms with van der Waals surface area (Å²) < 4.78 is 33.2. The zero-order valence-corrected chi connectivity index (χ0v) is 60.8. The maximum absolute atomic E-state index is 11.4. The van der Waals surface area contributed by atoms with E-state index in [4.69, 9.17) is 28.4 Å². The Morgan fingerprint density at radius 2 is 0.443 bits per heavy atom. The smallest absolute Gasteiger partial charge is 0.544 e. The molecule has 0 saturated heterocycles. The van der Waals surface area contributed by atoms with Crippen molar-refractivity contribution < 1.29 is 58.1 Å². The fourth-order valence-electron chi connectivity index (χ4n) is 10.3. The molecule has 0 aromatic rings. The van der Waals surface area contributed by atoms with Gasteiger partial charge in [0, 0.05) is 19.3 Å². The first-order chi connectivity index (χ1) is 41.9. The van der Waals surface area contributed by atoms with Gasteiger partial charge in [0.05, 0.1) is 38.1 Å². The topological polar surface area (TPSA) is 176 Å². The van der Waals surface area contributed by atoms with Crippen molar-refractivity contribution in [2.75, 3.05) is 19.8 Å². The van der Waals surface area contributed by atoms with Crippen molar-refractivity contribution in [3.8, 4) is 0 Å². The Morgan fingerprint density at radius 1 is 0.284 bits per heavy atom. The fourth-order valence-corrected chi connectivity index (χ4v) is 10.3. The van der Waals surface area contributed by atoms with E-state index >= 15 is 0 Å². The van der Waals surface area contributed by atoms with Gasteiger partial charge in [-0.25, -0.2) is 0 Å². The van der Waals surface area contributed by atoms with Crippen LogP contribution in [0.15, 0.2) is 36.5 Å². The molecule has 3 unspecified atom stereocenters. The van der Waals surface area contributed by atoms with Gasteiger partial charge in [0.15, 0.2) is 0 Å². The summed E-state index contributed by atoms with van der Waals surface area (Å²) >= 11 is 0. The molecule has 0 saturated carbocycles. The third-order valence-electron chi connectivity index (χ3n) is 15.6. The Bertz CT molecular complexity index is 1410. The minimum Gasteiger partial charge on any atom is -0.544 e. The summed E-state index contributed by atoms with van der Waals surface area (Å²) in [7, 11) is 0. The van der Waals surface area contributed by atoms with Crippen molar-refractivity contribution in [3.05, 3.63) is 36.5 Å². The summed E-state index contributed by atoms with van der Waals surface area (Å²) in [6.45, 7) is 24.1. The molecule has 0 spiro atoms. The summed E-state index contributed by atoms with van der Waals surface area (Å²) in [5, 5.41) is 34.3. The van der Waals surface area contributed by atoms with E-state index in [1.54, 1.807) is 62.3 Å². The van der Waals surface area contributed by atoms with Crippen molar-refractivity contribution in [3.63, 3.8) is 0 Å². The predicted molar refractivity (Wildman–Crippen MR) is 365 cm³/mol. The third kappa shape index (κ3) is 57.8. The van der Waals surface area contributed by atoms with E-state index in [-0.39, 0.29) is 54.9 Å². The van der Waals surface area contributed by atoms with Crippen molar-refractivity contribution in [2.24, 2.45) is 0 Å². The van der Waals surface area contributed by atoms with E-state index in [0.29, 0.717) is 19.8 Å². The summed E-state index contributed by atoms with van der Waals surface area (Å²) in [5.74, 6) is -8.64. The number of aliphatic carboxylic acids is 3. The Balaban J connectivity index is -0.000000598. The Morgan fingerprint density at radius 3 is 0.591 bits per heavy atom. The molecular weight excluding hydrogens is 1120 g/mol. The van der Waals surface area contributed by atoms with Crippen LogP contribution in [0.1, 0.15) is 372 Å². The van der Waals surface area contributed by atoms with Crippen LogP contribution in [0, 0.1) is 0 Å². The van der Waals surface area contributed by atoms with Crippen LogP contribution < -0.4 is 15.3 Å². The Hall–Kier alpha value is -2.08. The van der Waals surface area contributed by atoms with Gasteiger partial charge in [-0.15, -0.1) is 0 Å². The average Bonchev–Trinajstić information content (AvgIpc) is 3.70. The van der Waals surface area contributed by atoms with E-state index < -0.39 is 35.3 Å². The van der Waals surface area contributed by atoms with E-state index in [0.717, 1.165) is 38.5 Å². The van der Waals surface area contributed by atoms with Crippen LogP contribution in [-0.2, 0) is 42.8 Å². The van der Waals surface area contributed by atoms with Crippen LogP contribution in [0.4, 0.5) is 0 Å². The quantitative estimate of drug-likeness (QED) is 0.0244. The zero-order valence-electron chi connectivity index (χ0n) is 59.6. The number of unbranched alkanes of at least 4 members (excludes halogenated alkanes) is 36. The largest absolute Gasteiger partial charge is 3.00 e. The zero-order chi connectivity index (χ0) is 65.4. The van der Waals surface area contributed by atoms with Gasteiger partial charge in [-0.1, -0.05) is 251 Å². The van der Waals surface area contributed by atoms with E-state index in [2.05, 4.69) is 57.2 Å². The van der Waals surface area contributed by atoms with Crippen LogP contribution in [0.2, 0.25) is 0 Å². The molecule has 0 N–H and O–H groups in total. The Kier molecular flexibility index (Phi) is 71.1. The Labute approximate surface area is 554 Å². The van der Waals surface area contributed by atoms with Gasteiger partial charge in [-0.05, 0) is 138 Å². The molecule has 13 heteroatoms. The van der Waals surface area contributed by atoms with Gasteiger partial charge in [0.25, 0.3) is 0 Å². The van der Waals surface area contributed by atoms with Crippen LogP contribution in [0.25, 0.3) is 0 Å². The number of hydrogen-bond donors (Lipinski definition) is 0. The molecular formula is C75H141AlO12. The molecule has 12 nitrogen and oxygen atoms in total. The molecule has 0 rings (SSSR count). The molecule has 3 atom stereocenters. The number of rotatable bonds is 63. The summed E-state index contributed by atoms with van der Waals surface area (Å²) in [6.07, 6.45) is 66.6. The monoisotopic (exact) mass is 1260 g/mol. The first-order valence-electron chi connectivity index (χ1n) is 36.5. The molecule has 0 aliphatic heterocycles. The van der Waals surface area contributed by atoms with Gasteiger partial charge >= 0.3 is 17.4 Å². The number of carboxylic acids is 3. The fraction of sp³-hybridized carbons (Fsp3) is 0.880. The maximum atomic E-state index is 11.4. The van der Waals surface area contributed by atoms with Gasteiger partial charge in [0.2, 0.25) is 17.4 Å². The normalized spacial score (nSPS) is 13.8. The molecule has 0 radical (unpaired) electrons. The standard InChI is InChI=1S/3C25H48O4.Al/c3*1-5-7-8-9-10-11-12-13-14-15-16-17-18-19-20-21-22-28-25(6-2,24(26)27)29-23(3)4;/h3*13-14,23H,5-12,15-22H2,1-4H3,(H,26,27);/q;;;+3/p-3/b3*14-13-;. The summed E-state index contributed by atoms with van der Waals surface area (Å²) in [4.78, 5) is 34.3. The van der Waals surface area contributed by atoms with Crippen LogP contribution in [0.3, 0.4) is 0 Å². The minimum absolute atomic E-state index is 0. The third-order valence-corrected chi connectivity index (χ3v) is 15.6.